The highest BCUT2D eigenvalue weighted by Crippen LogP contribution is 2.33. The summed E-state index contributed by atoms with van der Waals surface area (Å²) in [5, 5.41) is 2.10. The van der Waals surface area contributed by atoms with Crippen LogP contribution in [0.3, 0.4) is 0 Å². The Morgan fingerprint density at radius 1 is 1.27 bits per heavy atom. The number of nitrogens with zero attached hydrogens (tertiary/aromatic N) is 1. The lowest BCUT2D eigenvalue weighted by Crippen LogP contribution is -2.35. The average Bonchev–Trinajstić information content (AvgIpc) is 3.01. The summed E-state index contributed by atoms with van der Waals surface area (Å²) in [5.41, 5.74) is 1.93. The molecular weight excluding hydrogens is 413 g/mol. The van der Waals surface area contributed by atoms with Crippen LogP contribution in [0.15, 0.2) is 23.6 Å². The van der Waals surface area contributed by atoms with E-state index in [1.54, 1.807) is 31.6 Å². The summed E-state index contributed by atoms with van der Waals surface area (Å²) in [7, 11) is 3.18. The summed E-state index contributed by atoms with van der Waals surface area (Å²) in [6.07, 6.45) is 0.933. The Kier molecular flexibility index (Phi) is 4.58. The van der Waals surface area contributed by atoms with Crippen molar-refractivity contribution in [3.8, 4) is 11.5 Å². The molecular formula is C16H16INO3S. The number of carbonyl (C=O) groups excluding carboxylic acids is 1. The van der Waals surface area contributed by atoms with Gasteiger partial charge in [-0.3, -0.25) is 4.79 Å². The fraction of sp³-hybridized carbons (Fsp3) is 0.312. The van der Waals surface area contributed by atoms with E-state index in [0.717, 1.165) is 16.5 Å². The normalized spacial score (nSPS) is 13.7. The number of hydrogen-bond donors (Lipinski definition) is 0. The number of amides is 1. The van der Waals surface area contributed by atoms with Crippen molar-refractivity contribution in [1.82, 2.24) is 4.90 Å². The quantitative estimate of drug-likeness (QED) is 0.701. The second-order valence-corrected chi connectivity index (χ2v) is 7.20. The smallest absolute Gasteiger partial charge is 0.255 e. The third kappa shape index (κ3) is 2.81. The van der Waals surface area contributed by atoms with Gasteiger partial charge >= 0.3 is 0 Å². The van der Waals surface area contributed by atoms with Crippen LogP contribution in [-0.4, -0.2) is 31.6 Å². The van der Waals surface area contributed by atoms with E-state index in [1.807, 2.05) is 11.0 Å². The van der Waals surface area contributed by atoms with Crippen LogP contribution >= 0.6 is 33.9 Å². The van der Waals surface area contributed by atoms with Crippen molar-refractivity contribution in [3.63, 3.8) is 0 Å². The Bertz CT molecular complexity index is 713. The van der Waals surface area contributed by atoms with Crippen LogP contribution in [0, 0.1) is 3.57 Å². The molecule has 1 aliphatic rings. The maximum Gasteiger partial charge on any atom is 0.255 e. The van der Waals surface area contributed by atoms with Gasteiger partial charge in [0.25, 0.3) is 5.91 Å². The van der Waals surface area contributed by atoms with Crippen molar-refractivity contribution in [2.24, 2.45) is 0 Å². The molecule has 3 rings (SSSR count). The summed E-state index contributed by atoms with van der Waals surface area (Å²) >= 11 is 3.94. The largest absolute Gasteiger partial charge is 0.493 e. The summed E-state index contributed by atoms with van der Waals surface area (Å²) in [6.45, 7) is 1.44. The molecule has 116 valence electrons. The van der Waals surface area contributed by atoms with Crippen LogP contribution in [-0.2, 0) is 13.0 Å². The molecule has 0 radical (unpaired) electrons. The molecule has 0 saturated heterocycles. The first-order chi connectivity index (χ1) is 10.6. The zero-order valence-electron chi connectivity index (χ0n) is 12.4. The number of hydrogen-bond acceptors (Lipinski definition) is 4. The van der Waals surface area contributed by atoms with E-state index >= 15 is 0 Å². The monoisotopic (exact) mass is 429 g/mol. The number of rotatable bonds is 3. The zero-order valence-corrected chi connectivity index (χ0v) is 15.4. The predicted octanol–water partition coefficient (Wildman–Crippen LogP) is 3.57. The molecule has 1 aliphatic heterocycles. The van der Waals surface area contributed by atoms with Gasteiger partial charge in [0.05, 0.1) is 19.8 Å². The third-order valence-electron chi connectivity index (χ3n) is 3.80. The van der Waals surface area contributed by atoms with Gasteiger partial charge in [0.2, 0.25) is 0 Å². The fourth-order valence-corrected chi connectivity index (χ4v) is 4.17. The van der Waals surface area contributed by atoms with Gasteiger partial charge in [0, 0.05) is 21.5 Å². The van der Waals surface area contributed by atoms with Crippen LogP contribution in [0.4, 0.5) is 0 Å². The average molecular weight is 429 g/mol. The molecule has 1 aromatic carbocycles. The topological polar surface area (TPSA) is 38.8 Å². The van der Waals surface area contributed by atoms with E-state index in [2.05, 4.69) is 34.0 Å². The molecule has 1 amide bonds. The Labute approximate surface area is 147 Å². The minimum Gasteiger partial charge on any atom is -0.493 e. The van der Waals surface area contributed by atoms with Crippen molar-refractivity contribution >= 4 is 39.8 Å². The van der Waals surface area contributed by atoms with Gasteiger partial charge in [-0.05, 0) is 58.2 Å². The molecule has 0 N–H and O–H groups in total. The van der Waals surface area contributed by atoms with Crippen molar-refractivity contribution in [3.05, 3.63) is 43.2 Å². The highest BCUT2D eigenvalue weighted by atomic mass is 127. The molecule has 0 fully saturated rings. The van der Waals surface area contributed by atoms with Gasteiger partial charge in [-0.25, -0.2) is 0 Å². The fourth-order valence-electron chi connectivity index (χ4n) is 2.61. The highest BCUT2D eigenvalue weighted by molar-refractivity contribution is 14.1. The van der Waals surface area contributed by atoms with E-state index in [1.165, 1.54) is 10.4 Å². The Morgan fingerprint density at radius 3 is 2.73 bits per heavy atom. The molecule has 0 unspecified atom stereocenters. The van der Waals surface area contributed by atoms with Gasteiger partial charge in [0.15, 0.2) is 11.5 Å². The summed E-state index contributed by atoms with van der Waals surface area (Å²) in [5.74, 6) is 1.27. The maximum atomic E-state index is 12.8. The minimum absolute atomic E-state index is 0.0437. The molecule has 0 atom stereocenters. The molecule has 1 aromatic heterocycles. The lowest BCUT2D eigenvalue weighted by Gasteiger charge is -2.27. The molecule has 22 heavy (non-hydrogen) atoms. The number of carbonyl (C=O) groups is 1. The first kappa shape index (κ1) is 15.6. The summed E-state index contributed by atoms with van der Waals surface area (Å²) in [6, 6.07) is 5.72. The lowest BCUT2D eigenvalue weighted by molar-refractivity contribution is 0.0734. The van der Waals surface area contributed by atoms with Gasteiger partial charge in [-0.15, -0.1) is 11.3 Å². The van der Waals surface area contributed by atoms with E-state index in [4.69, 9.17) is 9.47 Å². The lowest BCUT2D eigenvalue weighted by atomic mass is 10.1. The van der Waals surface area contributed by atoms with Crippen LogP contribution < -0.4 is 9.47 Å². The van der Waals surface area contributed by atoms with Crippen molar-refractivity contribution in [2.75, 3.05) is 20.8 Å². The molecule has 4 nitrogen and oxygen atoms in total. The second-order valence-electron chi connectivity index (χ2n) is 5.03. The number of ether oxygens (including phenoxy) is 2. The van der Waals surface area contributed by atoms with E-state index < -0.39 is 0 Å². The number of methoxy groups -OCH3 is 2. The first-order valence-electron chi connectivity index (χ1n) is 6.90. The first-order valence-corrected chi connectivity index (χ1v) is 8.86. The molecule has 0 aliphatic carbocycles. The molecule has 0 saturated carbocycles. The van der Waals surface area contributed by atoms with E-state index in [-0.39, 0.29) is 5.91 Å². The second kappa shape index (κ2) is 6.45. The van der Waals surface area contributed by atoms with Crippen LogP contribution in [0.5, 0.6) is 11.5 Å². The number of halogens is 1. The number of thiophene rings is 1. The van der Waals surface area contributed by atoms with Crippen LogP contribution in [0.2, 0.25) is 0 Å². The molecule has 6 heteroatoms. The number of benzene rings is 1. The Morgan fingerprint density at radius 2 is 2.00 bits per heavy atom. The summed E-state index contributed by atoms with van der Waals surface area (Å²) in [4.78, 5) is 16.1. The standard InChI is InChI=1S/C16H16INO3S/c1-20-13-7-11(12(17)8-14(13)21-2)16(19)18-5-3-15-10(9-18)4-6-22-15/h4,6-8H,3,5,9H2,1-2H3. The third-order valence-corrected chi connectivity index (χ3v) is 5.71. The van der Waals surface area contributed by atoms with Crippen molar-refractivity contribution in [1.29, 1.82) is 0 Å². The summed E-state index contributed by atoms with van der Waals surface area (Å²) < 4.78 is 11.5. The van der Waals surface area contributed by atoms with Crippen LogP contribution in [0.25, 0.3) is 0 Å². The SMILES string of the molecule is COc1cc(I)c(C(=O)N2CCc3sccc3C2)cc1OC. The molecule has 0 spiro atoms. The zero-order chi connectivity index (χ0) is 15.7. The number of fused-ring (bicyclic) bond motifs is 1. The van der Waals surface area contributed by atoms with Gasteiger partial charge in [-0.1, -0.05) is 0 Å². The molecule has 0 bridgehead atoms. The van der Waals surface area contributed by atoms with Crippen molar-refractivity contribution < 1.29 is 14.3 Å². The van der Waals surface area contributed by atoms with Gasteiger partial charge in [-0.2, -0.15) is 0 Å². The molecule has 2 aromatic rings. The predicted molar refractivity (Wildman–Crippen MR) is 95.0 cm³/mol. The Hall–Kier alpha value is -1.28. The van der Waals surface area contributed by atoms with Crippen molar-refractivity contribution in [2.45, 2.75) is 13.0 Å². The van der Waals surface area contributed by atoms with Crippen LogP contribution in [0.1, 0.15) is 20.8 Å². The van der Waals surface area contributed by atoms with E-state index in [0.29, 0.717) is 23.6 Å². The van der Waals surface area contributed by atoms with Gasteiger partial charge < -0.3 is 14.4 Å². The highest BCUT2D eigenvalue weighted by Gasteiger charge is 2.25. The minimum atomic E-state index is 0.0437. The van der Waals surface area contributed by atoms with Gasteiger partial charge in [0.1, 0.15) is 0 Å². The Balaban J connectivity index is 1.89. The molecule has 2 heterocycles. The van der Waals surface area contributed by atoms with E-state index in [9.17, 15) is 4.79 Å². The maximum absolute atomic E-state index is 12.8.